The molecule has 0 heterocycles. The fourth-order valence-electron chi connectivity index (χ4n) is 1.89. The van der Waals surface area contributed by atoms with Crippen molar-refractivity contribution in [2.24, 2.45) is 4.99 Å². The molecule has 1 aromatic carbocycles. The van der Waals surface area contributed by atoms with E-state index in [1.54, 1.807) is 0 Å². The highest BCUT2D eigenvalue weighted by atomic mass is 19.1. The third kappa shape index (κ3) is 6.87. The summed E-state index contributed by atoms with van der Waals surface area (Å²) in [5, 5.41) is 12.4. The number of carbonyl (C=O) groups is 1. The topological polar surface area (TPSA) is 89.4 Å². The third-order valence-electron chi connectivity index (χ3n) is 3.29. The van der Waals surface area contributed by atoms with Crippen molar-refractivity contribution in [1.82, 2.24) is 5.32 Å². The molecule has 0 radical (unpaired) electrons. The van der Waals surface area contributed by atoms with Gasteiger partial charge >= 0.3 is 0 Å². The Kier molecular flexibility index (Phi) is 9.42. The maximum absolute atomic E-state index is 13.6. The van der Waals surface area contributed by atoms with Gasteiger partial charge in [0.1, 0.15) is 24.0 Å². The first-order chi connectivity index (χ1) is 12.4. The SMILES string of the molecule is COCC(O)=C(C=NCC(OC)OC)C(=O)NCc1ccc(F)cc1F. The zero-order valence-corrected chi connectivity index (χ0v) is 14.8. The van der Waals surface area contributed by atoms with Crippen molar-refractivity contribution in [3.8, 4) is 0 Å². The van der Waals surface area contributed by atoms with Crippen LogP contribution in [-0.2, 0) is 25.5 Å². The van der Waals surface area contributed by atoms with Crippen LogP contribution < -0.4 is 5.32 Å². The molecule has 0 aliphatic heterocycles. The minimum absolute atomic E-state index is 0.0939. The highest BCUT2D eigenvalue weighted by Gasteiger charge is 2.15. The molecule has 9 heteroatoms. The van der Waals surface area contributed by atoms with Crippen LogP contribution in [0.4, 0.5) is 8.78 Å². The van der Waals surface area contributed by atoms with Crippen LogP contribution in [-0.4, -0.2) is 58.0 Å². The average Bonchev–Trinajstić information content (AvgIpc) is 2.61. The number of hydrogen-bond acceptors (Lipinski definition) is 6. The number of amides is 1. The number of nitrogens with one attached hydrogen (secondary N) is 1. The van der Waals surface area contributed by atoms with Crippen molar-refractivity contribution in [3.05, 3.63) is 46.7 Å². The van der Waals surface area contributed by atoms with Crippen LogP contribution in [0.3, 0.4) is 0 Å². The van der Waals surface area contributed by atoms with Crippen LogP contribution in [0, 0.1) is 11.6 Å². The first kappa shape index (κ1) is 21.7. The standard InChI is InChI=1S/C17H22F2N2O5/c1-24-10-15(22)13(8-20-9-16(25-2)26-3)17(23)21-7-11-4-5-12(18)6-14(11)19/h4-6,8,16,22H,7,9-10H2,1-3H3,(H,21,23). The number of methoxy groups -OCH3 is 3. The molecule has 0 aliphatic carbocycles. The zero-order chi connectivity index (χ0) is 19.5. The molecule has 0 spiro atoms. The van der Waals surface area contributed by atoms with Crippen LogP contribution in [0.2, 0.25) is 0 Å². The van der Waals surface area contributed by atoms with Gasteiger partial charge in [-0.2, -0.15) is 0 Å². The highest BCUT2D eigenvalue weighted by Crippen LogP contribution is 2.10. The second kappa shape index (κ2) is 11.3. The van der Waals surface area contributed by atoms with Gasteiger partial charge in [0.2, 0.25) is 0 Å². The van der Waals surface area contributed by atoms with E-state index in [2.05, 4.69) is 10.3 Å². The predicted octanol–water partition coefficient (Wildman–Crippen LogP) is 1.73. The van der Waals surface area contributed by atoms with E-state index in [1.807, 2.05) is 0 Å². The zero-order valence-electron chi connectivity index (χ0n) is 14.8. The van der Waals surface area contributed by atoms with Crippen LogP contribution in [0.1, 0.15) is 5.56 Å². The van der Waals surface area contributed by atoms with E-state index in [4.69, 9.17) is 14.2 Å². The molecule has 0 atom stereocenters. The monoisotopic (exact) mass is 372 g/mol. The summed E-state index contributed by atoms with van der Waals surface area (Å²) in [6.07, 6.45) is 0.545. The van der Waals surface area contributed by atoms with Gasteiger partial charge in [0.05, 0.1) is 12.1 Å². The number of carbonyl (C=O) groups excluding carboxylic acids is 1. The number of halogens is 2. The van der Waals surface area contributed by atoms with Crippen LogP contribution >= 0.6 is 0 Å². The predicted molar refractivity (Wildman–Crippen MR) is 90.9 cm³/mol. The van der Waals surface area contributed by atoms with Gasteiger partial charge in [0.25, 0.3) is 5.91 Å². The minimum Gasteiger partial charge on any atom is -0.509 e. The van der Waals surface area contributed by atoms with E-state index < -0.39 is 23.8 Å². The summed E-state index contributed by atoms with van der Waals surface area (Å²) < 4.78 is 41.3. The number of aliphatic imine (C=N–C) groups is 1. The summed E-state index contributed by atoms with van der Waals surface area (Å²) >= 11 is 0. The van der Waals surface area contributed by atoms with Gasteiger partial charge in [-0.15, -0.1) is 0 Å². The number of ether oxygens (including phenoxy) is 3. The minimum atomic E-state index is -0.784. The molecular formula is C17H22F2N2O5. The Balaban J connectivity index is 2.84. The quantitative estimate of drug-likeness (QED) is 0.283. The molecule has 1 rings (SSSR count). The lowest BCUT2D eigenvalue weighted by Gasteiger charge is -2.11. The van der Waals surface area contributed by atoms with Gasteiger partial charge in [-0.05, 0) is 6.07 Å². The normalized spacial score (nSPS) is 12.5. The van der Waals surface area contributed by atoms with Gasteiger partial charge in [-0.25, -0.2) is 8.78 Å². The molecule has 0 saturated heterocycles. The first-order valence-corrected chi connectivity index (χ1v) is 7.61. The highest BCUT2D eigenvalue weighted by molar-refractivity contribution is 6.12. The van der Waals surface area contributed by atoms with Crippen LogP contribution in [0.15, 0.2) is 34.5 Å². The fourth-order valence-corrected chi connectivity index (χ4v) is 1.89. The molecule has 0 aliphatic rings. The Hall–Kier alpha value is -2.36. The number of nitrogens with zero attached hydrogens (tertiary/aromatic N) is 1. The van der Waals surface area contributed by atoms with Gasteiger partial charge in [-0.3, -0.25) is 9.79 Å². The maximum atomic E-state index is 13.6. The molecule has 0 aromatic heterocycles. The molecule has 0 saturated carbocycles. The molecule has 144 valence electrons. The number of aliphatic hydroxyl groups excluding tert-OH is 1. The molecule has 7 nitrogen and oxygen atoms in total. The molecule has 26 heavy (non-hydrogen) atoms. The van der Waals surface area contributed by atoms with Gasteiger partial charge in [0.15, 0.2) is 6.29 Å². The van der Waals surface area contributed by atoms with Crippen molar-refractivity contribution in [2.75, 3.05) is 34.5 Å². The smallest absolute Gasteiger partial charge is 0.256 e. The number of benzene rings is 1. The Morgan fingerprint density at radius 1 is 1.31 bits per heavy atom. The molecule has 1 amide bonds. The number of aliphatic hydroxyl groups is 1. The van der Waals surface area contributed by atoms with Gasteiger partial charge in [-0.1, -0.05) is 6.07 Å². The fraction of sp³-hybridized carbons (Fsp3) is 0.412. The van der Waals surface area contributed by atoms with Crippen molar-refractivity contribution in [1.29, 1.82) is 0 Å². The van der Waals surface area contributed by atoms with Crippen LogP contribution in [0.25, 0.3) is 0 Å². The molecule has 0 fully saturated rings. The first-order valence-electron chi connectivity index (χ1n) is 7.61. The molecule has 2 N–H and O–H groups in total. The number of hydrogen-bond donors (Lipinski definition) is 2. The van der Waals surface area contributed by atoms with Gasteiger partial charge in [0, 0.05) is 45.7 Å². The number of rotatable bonds is 10. The maximum Gasteiger partial charge on any atom is 0.256 e. The summed E-state index contributed by atoms with van der Waals surface area (Å²) in [6, 6.07) is 3.03. The largest absolute Gasteiger partial charge is 0.509 e. The summed E-state index contributed by atoms with van der Waals surface area (Å²) in [5.41, 5.74) is -0.0542. The van der Waals surface area contributed by atoms with Crippen molar-refractivity contribution in [3.63, 3.8) is 0 Å². The van der Waals surface area contributed by atoms with Crippen molar-refractivity contribution in [2.45, 2.75) is 12.8 Å². The lowest BCUT2D eigenvalue weighted by atomic mass is 10.2. The van der Waals surface area contributed by atoms with Crippen molar-refractivity contribution >= 4 is 12.1 Å². The van der Waals surface area contributed by atoms with E-state index in [1.165, 1.54) is 27.4 Å². The Bertz CT molecular complexity index is 661. The Morgan fingerprint density at radius 2 is 2.00 bits per heavy atom. The van der Waals surface area contributed by atoms with Crippen LogP contribution in [0.5, 0.6) is 0 Å². The Morgan fingerprint density at radius 3 is 2.58 bits per heavy atom. The molecule has 0 unspecified atom stereocenters. The third-order valence-corrected chi connectivity index (χ3v) is 3.29. The van der Waals surface area contributed by atoms with E-state index in [-0.39, 0.29) is 36.6 Å². The second-order valence-electron chi connectivity index (χ2n) is 5.11. The van der Waals surface area contributed by atoms with E-state index in [0.29, 0.717) is 0 Å². The lowest BCUT2D eigenvalue weighted by Crippen LogP contribution is -2.27. The molecule has 1 aromatic rings. The second-order valence-corrected chi connectivity index (χ2v) is 5.11. The summed E-state index contributed by atoms with van der Waals surface area (Å²) in [6.45, 7) is -0.310. The summed E-state index contributed by atoms with van der Waals surface area (Å²) in [4.78, 5) is 16.3. The van der Waals surface area contributed by atoms with E-state index >= 15 is 0 Å². The van der Waals surface area contributed by atoms with Gasteiger partial charge < -0.3 is 24.6 Å². The summed E-state index contributed by atoms with van der Waals surface area (Å²) in [5.74, 6) is -2.54. The molecule has 0 bridgehead atoms. The Labute approximate surface area is 150 Å². The summed E-state index contributed by atoms with van der Waals surface area (Å²) in [7, 11) is 4.22. The van der Waals surface area contributed by atoms with E-state index in [0.717, 1.165) is 18.3 Å². The van der Waals surface area contributed by atoms with E-state index in [9.17, 15) is 18.7 Å². The van der Waals surface area contributed by atoms with Crippen molar-refractivity contribution < 1.29 is 32.9 Å². The lowest BCUT2D eigenvalue weighted by molar-refractivity contribution is -0.117. The average molecular weight is 372 g/mol. The molecular weight excluding hydrogens is 350 g/mol.